The quantitative estimate of drug-likeness (QED) is 0.619. The zero-order valence-corrected chi connectivity index (χ0v) is 10.1. The van der Waals surface area contributed by atoms with Crippen LogP contribution in [0.3, 0.4) is 0 Å². The predicted molar refractivity (Wildman–Crippen MR) is 61.8 cm³/mol. The molecular formula is C11H15ClS. The molecule has 0 spiro atoms. The minimum atomic E-state index is 0.245. The van der Waals surface area contributed by atoms with Crippen molar-refractivity contribution in [1.82, 2.24) is 0 Å². The Hall–Kier alpha value is -0.140. The molecule has 0 nitrogen and oxygen atoms in total. The van der Waals surface area contributed by atoms with Crippen LogP contribution in [0.5, 0.6) is 0 Å². The first-order valence-corrected chi connectivity index (χ1v) is 5.53. The van der Waals surface area contributed by atoms with Crippen LogP contribution >= 0.6 is 23.4 Å². The van der Waals surface area contributed by atoms with Crippen molar-refractivity contribution in [2.45, 2.75) is 37.3 Å². The molecule has 1 aromatic rings. The fourth-order valence-electron chi connectivity index (χ4n) is 1.01. The van der Waals surface area contributed by atoms with Gasteiger partial charge in [0.1, 0.15) is 0 Å². The van der Waals surface area contributed by atoms with Gasteiger partial charge in [-0.05, 0) is 24.6 Å². The number of hydrogen-bond acceptors (Lipinski definition) is 1. The molecule has 0 aliphatic carbocycles. The second-order valence-electron chi connectivity index (χ2n) is 4.12. The first-order chi connectivity index (χ1) is 5.88. The summed E-state index contributed by atoms with van der Waals surface area (Å²) in [6, 6.07) is 6.03. The molecule has 72 valence electrons. The van der Waals surface area contributed by atoms with Crippen molar-refractivity contribution in [2.24, 2.45) is 0 Å². The maximum Gasteiger partial charge on any atom is 0.0417 e. The number of aryl methyl sites for hydroxylation is 1. The van der Waals surface area contributed by atoms with Gasteiger partial charge in [0.2, 0.25) is 0 Å². The van der Waals surface area contributed by atoms with Gasteiger partial charge in [0.15, 0.2) is 0 Å². The van der Waals surface area contributed by atoms with Crippen LogP contribution in [0.25, 0.3) is 0 Å². The highest BCUT2D eigenvalue weighted by Crippen LogP contribution is 2.35. The Kier molecular flexibility index (Phi) is 3.31. The Morgan fingerprint density at radius 1 is 1.23 bits per heavy atom. The highest BCUT2D eigenvalue weighted by molar-refractivity contribution is 8.00. The van der Waals surface area contributed by atoms with E-state index in [-0.39, 0.29) is 4.75 Å². The van der Waals surface area contributed by atoms with E-state index in [0.717, 1.165) is 5.02 Å². The zero-order valence-electron chi connectivity index (χ0n) is 8.52. The summed E-state index contributed by atoms with van der Waals surface area (Å²) in [5, 5.41) is 0.817. The molecule has 1 aromatic carbocycles. The van der Waals surface area contributed by atoms with Crippen LogP contribution in [0, 0.1) is 6.92 Å². The summed E-state index contributed by atoms with van der Waals surface area (Å²) in [7, 11) is 0. The molecule has 0 aromatic heterocycles. The monoisotopic (exact) mass is 214 g/mol. The Morgan fingerprint density at radius 3 is 2.38 bits per heavy atom. The van der Waals surface area contributed by atoms with E-state index < -0.39 is 0 Å². The summed E-state index contributed by atoms with van der Waals surface area (Å²) in [4.78, 5) is 1.28. The zero-order chi connectivity index (χ0) is 10.1. The van der Waals surface area contributed by atoms with Crippen molar-refractivity contribution < 1.29 is 0 Å². The number of benzene rings is 1. The van der Waals surface area contributed by atoms with E-state index in [9.17, 15) is 0 Å². The molecule has 0 heterocycles. The summed E-state index contributed by atoms with van der Waals surface area (Å²) in [5.41, 5.74) is 1.30. The summed E-state index contributed by atoms with van der Waals surface area (Å²) < 4.78 is 0.245. The third-order valence-electron chi connectivity index (χ3n) is 1.57. The topological polar surface area (TPSA) is 0 Å². The van der Waals surface area contributed by atoms with Gasteiger partial charge in [0.05, 0.1) is 0 Å². The van der Waals surface area contributed by atoms with Crippen LogP contribution in [0.15, 0.2) is 23.1 Å². The minimum Gasteiger partial charge on any atom is -0.120 e. The fourth-order valence-corrected chi connectivity index (χ4v) is 2.33. The van der Waals surface area contributed by atoms with Crippen molar-refractivity contribution in [3.05, 3.63) is 28.8 Å². The lowest BCUT2D eigenvalue weighted by Crippen LogP contribution is -2.07. The van der Waals surface area contributed by atoms with Crippen LogP contribution in [-0.4, -0.2) is 4.75 Å². The predicted octanol–water partition coefficient (Wildman–Crippen LogP) is 4.54. The maximum absolute atomic E-state index is 5.93. The van der Waals surface area contributed by atoms with Crippen LogP contribution < -0.4 is 0 Å². The van der Waals surface area contributed by atoms with Crippen molar-refractivity contribution in [3.63, 3.8) is 0 Å². The van der Waals surface area contributed by atoms with E-state index in [1.807, 2.05) is 23.9 Å². The lowest BCUT2D eigenvalue weighted by atomic mass is 10.2. The molecule has 2 heteroatoms. The molecule has 0 N–H and O–H groups in total. The van der Waals surface area contributed by atoms with Crippen LogP contribution in [0.2, 0.25) is 5.02 Å². The van der Waals surface area contributed by atoms with Crippen LogP contribution in [-0.2, 0) is 0 Å². The highest BCUT2D eigenvalue weighted by Gasteiger charge is 2.13. The summed E-state index contributed by atoms with van der Waals surface area (Å²) in [5.74, 6) is 0. The minimum absolute atomic E-state index is 0.245. The molecular weight excluding hydrogens is 200 g/mol. The van der Waals surface area contributed by atoms with Gasteiger partial charge in [-0.2, -0.15) is 0 Å². The van der Waals surface area contributed by atoms with E-state index in [2.05, 4.69) is 33.8 Å². The second kappa shape index (κ2) is 3.93. The lowest BCUT2D eigenvalue weighted by molar-refractivity contribution is 0.802. The van der Waals surface area contributed by atoms with E-state index >= 15 is 0 Å². The SMILES string of the molecule is Cc1ccc(Cl)cc1SC(C)(C)C. The van der Waals surface area contributed by atoms with Crippen LogP contribution in [0.4, 0.5) is 0 Å². The molecule has 13 heavy (non-hydrogen) atoms. The smallest absolute Gasteiger partial charge is 0.0417 e. The van der Waals surface area contributed by atoms with Gasteiger partial charge in [0.25, 0.3) is 0 Å². The van der Waals surface area contributed by atoms with Crippen molar-refractivity contribution in [2.75, 3.05) is 0 Å². The van der Waals surface area contributed by atoms with Crippen molar-refractivity contribution in [1.29, 1.82) is 0 Å². The van der Waals surface area contributed by atoms with E-state index in [1.165, 1.54) is 10.5 Å². The molecule has 0 bridgehead atoms. The molecule has 0 atom stereocenters. The standard InChI is InChI=1S/C11H15ClS/c1-8-5-6-9(12)7-10(8)13-11(2,3)4/h5-7H,1-4H3. The summed E-state index contributed by atoms with van der Waals surface area (Å²) >= 11 is 7.79. The molecule has 0 aliphatic rings. The molecule has 0 fully saturated rings. The van der Waals surface area contributed by atoms with E-state index in [0.29, 0.717) is 0 Å². The Morgan fingerprint density at radius 2 is 1.85 bits per heavy atom. The fraction of sp³-hybridized carbons (Fsp3) is 0.455. The molecule has 1 rings (SSSR count). The highest BCUT2D eigenvalue weighted by atomic mass is 35.5. The Bertz CT molecular complexity index is 299. The Labute approximate surface area is 89.7 Å². The van der Waals surface area contributed by atoms with Gasteiger partial charge in [-0.15, -0.1) is 11.8 Å². The van der Waals surface area contributed by atoms with Crippen molar-refractivity contribution in [3.8, 4) is 0 Å². The maximum atomic E-state index is 5.93. The molecule has 0 radical (unpaired) electrons. The third kappa shape index (κ3) is 3.61. The van der Waals surface area contributed by atoms with Gasteiger partial charge in [0, 0.05) is 14.7 Å². The number of halogens is 1. The van der Waals surface area contributed by atoms with E-state index in [1.54, 1.807) is 0 Å². The van der Waals surface area contributed by atoms with Crippen LogP contribution in [0.1, 0.15) is 26.3 Å². The second-order valence-corrected chi connectivity index (χ2v) is 6.43. The normalized spacial score (nSPS) is 11.8. The summed E-state index contributed by atoms with van der Waals surface area (Å²) in [6.07, 6.45) is 0. The molecule has 0 saturated heterocycles. The lowest BCUT2D eigenvalue weighted by Gasteiger charge is -2.19. The summed E-state index contributed by atoms with van der Waals surface area (Å²) in [6.45, 7) is 8.73. The molecule has 0 aliphatic heterocycles. The van der Waals surface area contributed by atoms with Gasteiger partial charge < -0.3 is 0 Å². The molecule has 0 saturated carbocycles. The number of thioether (sulfide) groups is 1. The third-order valence-corrected chi connectivity index (χ3v) is 3.07. The Balaban J connectivity index is 2.94. The first kappa shape index (κ1) is 10.9. The number of hydrogen-bond donors (Lipinski definition) is 0. The van der Waals surface area contributed by atoms with E-state index in [4.69, 9.17) is 11.6 Å². The average Bonchev–Trinajstić information content (AvgIpc) is 1.94. The largest absolute Gasteiger partial charge is 0.120 e. The molecule has 0 unspecified atom stereocenters. The number of rotatable bonds is 1. The average molecular weight is 215 g/mol. The van der Waals surface area contributed by atoms with Gasteiger partial charge >= 0.3 is 0 Å². The van der Waals surface area contributed by atoms with Gasteiger partial charge in [-0.3, -0.25) is 0 Å². The van der Waals surface area contributed by atoms with Crippen molar-refractivity contribution >= 4 is 23.4 Å². The molecule has 0 amide bonds. The first-order valence-electron chi connectivity index (χ1n) is 4.34. The van der Waals surface area contributed by atoms with Gasteiger partial charge in [-0.1, -0.05) is 38.4 Å². The van der Waals surface area contributed by atoms with Gasteiger partial charge in [-0.25, -0.2) is 0 Å².